The molecule has 1 heterocycles. The number of unbranched alkanes of at least 4 members (excludes halogenated alkanes) is 13. The predicted molar refractivity (Wildman–Crippen MR) is 189 cm³/mol. The molecule has 1 aromatic rings. The van der Waals surface area contributed by atoms with Crippen molar-refractivity contribution in [3.05, 3.63) is 18.7 Å². The molecule has 0 radical (unpaired) electrons. The lowest BCUT2D eigenvalue weighted by molar-refractivity contribution is -0.141. The monoisotopic (exact) mass is 626 g/mol. The van der Waals surface area contributed by atoms with Gasteiger partial charge >= 0.3 is 5.97 Å². The second kappa shape index (κ2) is 43.2. The quantitative estimate of drug-likeness (QED) is 0.0579. The van der Waals surface area contributed by atoms with Gasteiger partial charge < -0.3 is 18.9 Å². The maximum Gasteiger partial charge on any atom is 0.302 e. The van der Waals surface area contributed by atoms with E-state index in [4.69, 9.17) is 9.47 Å². The smallest absolute Gasteiger partial charge is 0.302 e. The molecule has 0 saturated carbocycles. The van der Waals surface area contributed by atoms with Crippen LogP contribution >= 0.6 is 0 Å². The van der Waals surface area contributed by atoms with Gasteiger partial charge in [-0.3, -0.25) is 9.59 Å². The van der Waals surface area contributed by atoms with Crippen LogP contribution in [-0.2, 0) is 25.6 Å². The van der Waals surface area contributed by atoms with E-state index >= 15 is 0 Å². The molecule has 0 aliphatic carbocycles. The lowest BCUT2D eigenvalue weighted by atomic mass is 10.1. The van der Waals surface area contributed by atoms with Gasteiger partial charge in [-0.2, -0.15) is 0 Å². The zero-order valence-corrected chi connectivity index (χ0v) is 30.5. The molecular weight excluding hydrogens is 550 g/mol. The number of ether oxygens (including phenoxy) is 2. The Hall–Kier alpha value is -1.89. The number of esters is 1. The van der Waals surface area contributed by atoms with Crippen LogP contribution in [0.2, 0.25) is 0 Å². The summed E-state index contributed by atoms with van der Waals surface area (Å²) in [6.45, 7) is 20.9. The van der Waals surface area contributed by atoms with Crippen LogP contribution in [0.25, 0.3) is 0 Å². The Balaban J connectivity index is -0.000000767. The van der Waals surface area contributed by atoms with E-state index in [0.29, 0.717) is 19.7 Å². The van der Waals surface area contributed by atoms with E-state index in [1.807, 2.05) is 18.7 Å². The van der Waals surface area contributed by atoms with Crippen LogP contribution in [0.4, 0.5) is 0 Å². The third-order valence-electron chi connectivity index (χ3n) is 6.89. The summed E-state index contributed by atoms with van der Waals surface area (Å²) in [6, 6.07) is 0. The molecule has 0 amide bonds. The molecule has 1 rings (SSSR count). The number of aryl methyl sites for hydroxylation is 1. The molecule has 0 N–H and O–H groups in total. The normalized spacial score (nSPS) is 10.1. The minimum atomic E-state index is -0.166. The summed E-state index contributed by atoms with van der Waals surface area (Å²) in [5, 5.41) is 0. The van der Waals surface area contributed by atoms with Gasteiger partial charge in [-0.25, -0.2) is 4.98 Å². The van der Waals surface area contributed by atoms with Crippen molar-refractivity contribution in [1.29, 1.82) is 0 Å². The molecule has 0 spiro atoms. The van der Waals surface area contributed by atoms with Crippen molar-refractivity contribution in [1.82, 2.24) is 14.5 Å². The molecule has 1 aromatic heterocycles. The molecule has 7 heteroatoms. The van der Waals surface area contributed by atoms with Gasteiger partial charge in [0.1, 0.15) is 0 Å². The van der Waals surface area contributed by atoms with Gasteiger partial charge in [-0.15, -0.1) is 0 Å². The molecule has 0 saturated heterocycles. The van der Waals surface area contributed by atoms with Crippen LogP contribution in [0.1, 0.15) is 170 Å². The van der Waals surface area contributed by atoms with E-state index in [-0.39, 0.29) is 5.97 Å². The van der Waals surface area contributed by atoms with Gasteiger partial charge in [0.2, 0.25) is 0 Å². The van der Waals surface area contributed by atoms with Crippen molar-refractivity contribution < 1.29 is 19.1 Å². The summed E-state index contributed by atoms with van der Waals surface area (Å²) < 4.78 is 11.7. The average molecular weight is 626 g/mol. The van der Waals surface area contributed by atoms with Gasteiger partial charge in [0.25, 0.3) is 6.47 Å². The van der Waals surface area contributed by atoms with E-state index in [9.17, 15) is 9.59 Å². The molecular formula is C37H75N3O4. The SMILES string of the molecule is CCC.CCCC.CCCCCCCN(CCCCCCCOC=O)CCCn1ccnc1.CCCCCCCOC(C)=O. The standard InChI is InChI=1S/C21H39N3O2.C9H18O2.C4H10.C3H8/c1-2-3-4-6-9-14-23(16-12-17-24-18-13-22-20-24)15-10-7-5-8-11-19-26-21-25;1-3-4-5-6-7-8-11-9(2)10;1-3-4-2;1-3-2/h13,18,20-21H,2-12,14-17,19H2,1H3;3-8H2,1-2H3;3-4H2,1-2H3;3H2,1-2H3. The Morgan fingerprint density at radius 3 is 1.61 bits per heavy atom. The summed E-state index contributed by atoms with van der Waals surface area (Å²) in [7, 11) is 0. The predicted octanol–water partition coefficient (Wildman–Crippen LogP) is 10.4. The Morgan fingerprint density at radius 2 is 1.16 bits per heavy atom. The summed E-state index contributed by atoms with van der Waals surface area (Å²) in [4.78, 5) is 27.2. The van der Waals surface area contributed by atoms with Crippen LogP contribution in [0.15, 0.2) is 18.7 Å². The van der Waals surface area contributed by atoms with Crippen molar-refractivity contribution in [2.45, 2.75) is 177 Å². The van der Waals surface area contributed by atoms with E-state index in [2.05, 4.69) is 56.0 Å². The summed E-state index contributed by atoms with van der Waals surface area (Å²) >= 11 is 0. The van der Waals surface area contributed by atoms with Crippen molar-refractivity contribution in [2.24, 2.45) is 0 Å². The number of carbonyl (C=O) groups excluding carboxylic acids is 2. The average Bonchev–Trinajstić information content (AvgIpc) is 3.54. The van der Waals surface area contributed by atoms with Crippen LogP contribution in [0.3, 0.4) is 0 Å². The minimum Gasteiger partial charge on any atom is -0.468 e. The van der Waals surface area contributed by atoms with Crippen LogP contribution in [0.5, 0.6) is 0 Å². The molecule has 0 aliphatic rings. The van der Waals surface area contributed by atoms with E-state index in [0.717, 1.165) is 25.8 Å². The molecule has 0 aliphatic heterocycles. The highest BCUT2D eigenvalue weighted by Crippen LogP contribution is 2.09. The first-order valence-corrected chi connectivity index (χ1v) is 18.3. The molecule has 0 fully saturated rings. The highest BCUT2D eigenvalue weighted by atomic mass is 16.5. The number of nitrogens with zero attached hydrogens (tertiary/aromatic N) is 3. The van der Waals surface area contributed by atoms with Gasteiger partial charge in [-0.05, 0) is 51.7 Å². The van der Waals surface area contributed by atoms with Crippen molar-refractivity contribution in [2.75, 3.05) is 32.8 Å². The molecule has 7 nitrogen and oxygen atoms in total. The van der Waals surface area contributed by atoms with Crippen molar-refractivity contribution >= 4 is 12.4 Å². The molecule has 0 aromatic carbocycles. The zero-order valence-electron chi connectivity index (χ0n) is 30.5. The maximum absolute atomic E-state index is 10.3. The summed E-state index contributed by atoms with van der Waals surface area (Å²) in [6.07, 6.45) is 29.6. The lowest BCUT2D eigenvalue weighted by Gasteiger charge is -2.22. The highest BCUT2D eigenvalue weighted by molar-refractivity contribution is 5.65. The van der Waals surface area contributed by atoms with Crippen LogP contribution < -0.4 is 0 Å². The number of carbonyl (C=O) groups is 2. The van der Waals surface area contributed by atoms with Gasteiger partial charge in [0.15, 0.2) is 0 Å². The maximum atomic E-state index is 10.3. The number of rotatable bonds is 26. The Bertz CT molecular complexity index is 639. The Morgan fingerprint density at radius 1 is 0.682 bits per heavy atom. The molecule has 0 atom stereocenters. The van der Waals surface area contributed by atoms with E-state index < -0.39 is 0 Å². The Kier molecular flexibility index (Phi) is 45.7. The van der Waals surface area contributed by atoms with E-state index in [1.165, 1.54) is 129 Å². The van der Waals surface area contributed by atoms with Gasteiger partial charge in [0.05, 0.1) is 19.5 Å². The second-order valence-electron chi connectivity index (χ2n) is 11.6. The van der Waals surface area contributed by atoms with Crippen molar-refractivity contribution in [3.63, 3.8) is 0 Å². The first-order valence-electron chi connectivity index (χ1n) is 18.3. The number of imidazole rings is 1. The minimum absolute atomic E-state index is 0.166. The first-order chi connectivity index (χ1) is 21.5. The molecule has 0 bridgehead atoms. The van der Waals surface area contributed by atoms with Gasteiger partial charge in [0, 0.05) is 25.9 Å². The fourth-order valence-corrected chi connectivity index (χ4v) is 4.19. The zero-order chi connectivity index (χ0) is 33.4. The molecule has 44 heavy (non-hydrogen) atoms. The van der Waals surface area contributed by atoms with Gasteiger partial charge in [-0.1, -0.05) is 131 Å². The third kappa shape index (κ3) is 44.5. The van der Waals surface area contributed by atoms with Crippen molar-refractivity contribution in [3.8, 4) is 0 Å². The summed E-state index contributed by atoms with van der Waals surface area (Å²) in [5.74, 6) is -0.166. The Labute approximate surface area is 274 Å². The van der Waals surface area contributed by atoms with E-state index in [1.54, 1.807) is 0 Å². The highest BCUT2D eigenvalue weighted by Gasteiger charge is 2.05. The largest absolute Gasteiger partial charge is 0.468 e. The van der Waals surface area contributed by atoms with Crippen LogP contribution in [-0.4, -0.2) is 59.7 Å². The topological polar surface area (TPSA) is 73.7 Å². The molecule has 262 valence electrons. The number of hydrogen-bond acceptors (Lipinski definition) is 6. The lowest BCUT2D eigenvalue weighted by Crippen LogP contribution is -2.28. The number of hydrogen-bond donors (Lipinski definition) is 0. The fraction of sp³-hybridized carbons (Fsp3) is 0.865. The summed E-state index contributed by atoms with van der Waals surface area (Å²) in [5.41, 5.74) is 0. The van der Waals surface area contributed by atoms with Crippen LogP contribution in [0, 0.1) is 0 Å². The number of aromatic nitrogens is 2. The first kappa shape index (κ1) is 46.5. The molecule has 0 unspecified atom stereocenters. The third-order valence-corrected chi connectivity index (χ3v) is 6.89. The second-order valence-corrected chi connectivity index (χ2v) is 11.6. The fourth-order valence-electron chi connectivity index (χ4n) is 4.19.